The predicted octanol–water partition coefficient (Wildman–Crippen LogP) is 1.23. The predicted molar refractivity (Wildman–Crippen MR) is 52.1 cm³/mol. The number of hydrogen-bond donors (Lipinski definition) is 2. The maximum atomic E-state index is 11.2. The average molecular weight is 194 g/mol. The number of carbonyl (C=O) groups is 1. The minimum absolute atomic E-state index is 0.311. The number of hydrogen-bond acceptors (Lipinski definition) is 3. The molecule has 1 saturated heterocycles. The van der Waals surface area contributed by atoms with E-state index in [0.717, 1.165) is 18.5 Å². The Bertz CT molecular complexity index is 327. The number of carbonyl (C=O) groups excluding carboxylic acids is 1. The van der Waals surface area contributed by atoms with Crippen LogP contribution < -0.4 is 5.32 Å². The van der Waals surface area contributed by atoms with Crippen LogP contribution in [-0.4, -0.2) is 24.6 Å². The molecule has 1 fully saturated rings. The van der Waals surface area contributed by atoms with Crippen LogP contribution >= 0.6 is 0 Å². The van der Waals surface area contributed by atoms with E-state index in [4.69, 9.17) is 0 Å². The summed E-state index contributed by atoms with van der Waals surface area (Å²) in [5, 5.41) is 3.37. The molecule has 76 valence electrons. The summed E-state index contributed by atoms with van der Waals surface area (Å²) in [7, 11) is 1.39. The largest absolute Gasteiger partial charge is 0.464 e. The summed E-state index contributed by atoms with van der Waals surface area (Å²) in [6.07, 6.45) is 4.21. The zero-order valence-corrected chi connectivity index (χ0v) is 8.17. The van der Waals surface area contributed by atoms with Crippen molar-refractivity contribution in [3.8, 4) is 0 Å². The van der Waals surface area contributed by atoms with Gasteiger partial charge in [-0.3, -0.25) is 0 Å². The maximum absolute atomic E-state index is 11.2. The first kappa shape index (κ1) is 9.27. The molecule has 2 N–H and O–H groups in total. The Hall–Kier alpha value is -1.29. The monoisotopic (exact) mass is 194 g/mol. The maximum Gasteiger partial charge on any atom is 0.354 e. The molecule has 0 amide bonds. The molecule has 4 heteroatoms. The Balaban J connectivity index is 2.12. The van der Waals surface area contributed by atoms with Gasteiger partial charge in [0.05, 0.1) is 7.11 Å². The van der Waals surface area contributed by atoms with Crippen molar-refractivity contribution in [2.45, 2.75) is 18.9 Å². The van der Waals surface area contributed by atoms with Gasteiger partial charge in [0.1, 0.15) is 5.69 Å². The van der Waals surface area contributed by atoms with E-state index in [1.165, 1.54) is 13.5 Å². The minimum atomic E-state index is -0.311. The second kappa shape index (κ2) is 3.84. The van der Waals surface area contributed by atoms with Crippen LogP contribution in [0.25, 0.3) is 0 Å². The van der Waals surface area contributed by atoms with Crippen molar-refractivity contribution in [2.75, 3.05) is 13.7 Å². The van der Waals surface area contributed by atoms with Crippen LogP contribution in [0.2, 0.25) is 0 Å². The molecule has 4 nitrogen and oxygen atoms in total. The second-order valence-corrected chi connectivity index (χ2v) is 3.49. The van der Waals surface area contributed by atoms with E-state index >= 15 is 0 Å². The van der Waals surface area contributed by atoms with Crippen molar-refractivity contribution < 1.29 is 9.53 Å². The highest BCUT2D eigenvalue weighted by molar-refractivity contribution is 5.87. The van der Waals surface area contributed by atoms with Crippen molar-refractivity contribution in [3.63, 3.8) is 0 Å². The highest BCUT2D eigenvalue weighted by Crippen LogP contribution is 2.23. The van der Waals surface area contributed by atoms with E-state index in [-0.39, 0.29) is 5.97 Å². The molecule has 0 saturated carbocycles. The van der Waals surface area contributed by atoms with Gasteiger partial charge in [-0.1, -0.05) is 0 Å². The number of ether oxygens (including phenoxy) is 1. The number of methoxy groups -OCH3 is 1. The lowest BCUT2D eigenvalue weighted by molar-refractivity contribution is 0.0595. The normalized spacial score (nSPS) is 21.1. The molecule has 0 radical (unpaired) electrons. The fraction of sp³-hybridized carbons (Fsp3) is 0.500. The van der Waals surface area contributed by atoms with E-state index in [2.05, 4.69) is 15.0 Å². The molecule has 0 aromatic carbocycles. The Morgan fingerprint density at radius 3 is 3.14 bits per heavy atom. The lowest BCUT2D eigenvalue weighted by Crippen LogP contribution is -2.11. The summed E-state index contributed by atoms with van der Waals surface area (Å²) in [4.78, 5) is 14.1. The number of aromatic nitrogens is 1. The first-order valence-corrected chi connectivity index (χ1v) is 4.81. The van der Waals surface area contributed by atoms with Crippen LogP contribution in [0.5, 0.6) is 0 Å². The van der Waals surface area contributed by atoms with E-state index in [1.54, 1.807) is 0 Å². The molecule has 1 aliphatic heterocycles. The molecule has 0 aliphatic carbocycles. The van der Waals surface area contributed by atoms with Crippen LogP contribution in [0.1, 0.15) is 34.9 Å². The Kier molecular flexibility index (Phi) is 2.54. The first-order valence-electron chi connectivity index (χ1n) is 4.81. The van der Waals surface area contributed by atoms with Gasteiger partial charge in [-0.05, 0) is 31.0 Å². The lowest BCUT2D eigenvalue weighted by Gasteiger charge is -2.05. The quantitative estimate of drug-likeness (QED) is 0.696. The fourth-order valence-corrected chi connectivity index (χ4v) is 1.81. The van der Waals surface area contributed by atoms with Gasteiger partial charge in [-0.25, -0.2) is 4.79 Å². The van der Waals surface area contributed by atoms with Crippen molar-refractivity contribution in [2.24, 2.45) is 0 Å². The van der Waals surface area contributed by atoms with Gasteiger partial charge in [0, 0.05) is 12.2 Å². The zero-order valence-electron chi connectivity index (χ0n) is 8.17. The SMILES string of the molecule is COC(=O)c1cc(C2CCCN2)c[nH]1. The molecule has 2 heterocycles. The van der Waals surface area contributed by atoms with E-state index in [0.29, 0.717) is 11.7 Å². The van der Waals surface area contributed by atoms with Gasteiger partial charge in [0.25, 0.3) is 0 Å². The fourth-order valence-electron chi connectivity index (χ4n) is 1.81. The van der Waals surface area contributed by atoms with Gasteiger partial charge in [0.15, 0.2) is 0 Å². The summed E-state index contributed by atoms with van der Waals surface area (Å²) in [5.41, 5.74) is 1.67. The molecule has 1 aromatic rings. The molecule has 2 rings (SSSR count). The molecule has 0 bridgehead atoms. The van der Waals surface area contributed by atoms with Crippen LogP contribution in [0.15, 0.2) is 12.3 Å². The Morgan fingerprint density at radius 2 is 2.50 bits per heavy atom. The van der Waals surface area contributed by atoms with Crippen molar-refractivity contribution in [1.29, 1.82) is 0 Å². The molecular formula is C10H14N2O2. The summed E-state index contributed by atoms with van der Waals surface area (Å²) in [6, 6.07) is 2.25. The van der Waals surface area contributed by atoms with E-state index < -0.39 is 0 Å². The highest BCUT2D eigenvalue weighted by atomic mass is 16.5. The molecule has 0 spiro atoms. The Labute approximate surface area is 82.6 Å². The van der Waals surface area contributed by atoms with Crippen LogP contribution in [0.4, 0.5) is 0 Å². The third-order valence-corrected chi connectivity index (χ3v) is 2.57. The zero-order chi connectivity index (χ0) is 9.97. The molecule has 1 aliphatic rings. The average Bonchev–Trinajstić information content (AvgIpc) is 2.86. The van der Waals surface area contributed by atoms with Gasteiger partial charge < -0.3 is 15.0 Å². The van der Waals surface area contributed by atoms with Gasteiger partial charge in [0.2, 0.25) is 0 Å². The van der Waals surface area contributed by atoms with Gasteiger partial charge in [-0.2, -0.15) is 0 Å². The van der Waals surface area contributed by atoms with Crippen molar-refractivity contribution >= 4 is 5.97 Å². The number of H-pyrrole nitrogens is 1. The number of aromatic amines is 1. The number of rotatable bonds is 2. The van der Waals surface area contributed by atoms with Gasteiger partial charge in [-0.15, -0.1) is 0 Å². The van der Waals surface area contributed by atoms with E-state index in [9.17, 15) is 4.79 Å². The Morgan fingerprint density at radius 1 is 1.64 bits per heavy atom. The summed E-state index contributed by atoms with van der Waals surface area (Å²) in [6.45, 7) is 1.06. The number of nitrogens with one attached hydrogen (secondary N) is 2. The second-order valence-electron chi connectivity index (χ2n) is 3.49. The molecule has 14 heavy (non-hydrogen) atoms. The molecule has 1 atom stereocenters. The third kappa shape index (κ3) is 1.65. The molecular weight excluding hydrogens is 180 g/mol. The molecule has 1 aromatic heterocycles. The van der Waals surface area contributed by atoms with Crippen molar-refractivity contribution in [1.82, 2.24) is 10.3 Å². The van der Waals surface area contributed by atoms with Crippen LogP contribution in [0.3, 0.4) is 0 Å². The lowest BCUT2D eigenvalue weighted by atomic mass is 10.1. The standard InChI is InChI=1S/C10H14N2O2/c1-14-10(13)9-5-7(6-12-9)8-3-2-4-11-8/h5-6,8,11-12H,2-4H2,1H3. The van der Waals surface area contributed by atoms with E-state index in [1.807, 2.05) is 12.3 Å². The van der Waals surface area contributed by atoms with Crippen LogP contribution in [0, 0.1) is 0 Å². The summed E-state index contributed by atoms with van der Waals surface area (Å²) in [5.74, 6) is -0.311. The third-order valence-electron chi connectivity index (χ3n) is 2.57. The number of esters is 1. The molecule has 1 unspecified atom stereocenters. The summed E-state index contributed by atoms with van der Waals surface area (Å²) >= 11 is 0. The summed E-state index contributed by atoms with van der Waals surface area (Å²) < 4.78 is 4.62. The van der Waals surface area contributed by atoms with Crippen LogP contribution in [-0.2, 0) is 4.74 Å². The van der Waals surface area contributed by atoms with Crippen molar-refractivity contribution in [3.05, 3.63) is 23.5 Å². The minimum Gasteiger partial charge on any atom is -0.464 e. The first-order chi connectivity index (χ1) is 6.81. The van der Waals surface area contributed by atoms with Gasteiger partial charge >= 0.3 is 5.97 Å². The topological polar surface area (TPSA) is 54.1 Å². The smallest absolute Gasteiger partial charge is 0.354 e. The highest BCUT2D eigenvalue weighted by Gasteiger charge is 2.18.